The van der Waals surface area contributed by atoms with Gasteiger partial charge in [0.2, 0.25) is 0 Å². The molecule has 0 unspecified atom stereocenters. The molecule has 0 radical (unpaired) electrons. The minimum Gasteiger partial charge on any atom is -0.375 e. The number of carbonyl (C=O) groups excluding carboxylic acids is 1. The highest BCUT2D eigenvalue weighted by Gasteiger charge is 2.25. The number of nitrogens with zero attached hydrogens (tertiary/aromatic N) is 1. The number of rotatable bonds is 7. The van der Waals surface area contributed by atoms with Crippen LogP contribution in [0.5, 0.6) is 0 Å². The highest BCUT2D eigenvalue weighted by molar-refractivity contribution is 5.96. The van der Waals surface area contributed by atoms with Crippen molar-refractivity contribution in [3.05, 3.63) is 65.7 Å². The molecular formula is C21H25NO2. The Labute approximate surface area is 144 Å². The molecule has 1 atom stereocenters. The number of hydrogen-bond acceptors (Lipinski definition) is 3. The molecule has 2 aromatic carbocycles. The molecule has 0 aromatic heterocycles. The monoisotopic (exact) mass is 323 g/mol. The summed E-state index contributed by atoms with van der Waals surface area (Å²) in [5.74, 6) is 0.200. The fraction of sp³-hybridized carbons (Fsp3) is 0.381. The van der Waals surface area contributed by atoms with Gasteiger partial charge in [-0.15, -0.1) is 0 Å². The standard InChI is InChI=1S/C21H25NO2/c1-2-21(23)18-10-12-19(13-11-18)22-14-6-9-20(22)16-24-15-17-7-4-3-5-8-17/h3-5,7-8,10-13,20H,2,6,9,14-16H2,1H3/t20-/m0/s1. The van der Waals surface area contributed by atoms with Gasteiger partial charge in [0.15, 0.2) is 5.78 Å². The van der Waals surface area contributed by atoms with Crippen LogP contribution in [0.15, 0.2) is 54.6 Å². The van der Waals surface area contributed by atoms with Crippen molar-refractivity contribution in [2.24, 2.45) is 0 Å². The molecule has 1 saturated heterocycles. The predicted molar refractivity (Wildman–Crippen MR) is 97.5 cm³/mol. The zero-order chi connectivity index (χ0) is 16.8. The van der Waals surface area contributed by atoms with Crippen molar-refractivity contribution in [1.82, 2.24) is 0 Å². The third-order valence-corrected chi connectivity index (χ3v) is 4.64. The van der Waals surface area contributed by atoms with Crippen LogP contribution in [0, 0.1) is 0 Å². The Morgan fingerprint density at radius 3 is 2.58 bits per heavy atom. The molecule has 3 heteroatoms. The second-order valence-electron chi connectivity index (χ2n) is 6.31. The van der Waals surface area contributed by atoms with Crippen LogP contribution < -0.4 is 4.90 Å². The van der Waals surface area contributed by atoms with E-state index in [0.29, 0.717) is 19.1 Å². The van der Waals surface area contributed by atoms with Crippen LogP contribution in [0.25, 0.3) is 0 Å². The summed E-state index contributed by atoms with van der Waals surface area (Å²) in [6.45, 7) is 4.36. The minimum atomic E-state index is 0.200. The fourth-order valence-electron chi connectivity index (χ4n) is 3.28. The van der Waals surface area contributed by atoms with Gasteiger partial charge < -0.3 is 9.64 Å². The molecule has 1 fully saturated rings. The lowest BCUT2D eigenvalue weighted by Gasteiger charge is -2.27. The summed E-state index contributed by atoms with van der Waals surface area (Å²) in [5.41, 5.74) is 3.20. The van der Waals surface area contributed by atoms with Crippen molar-refractivity contribution in [1.29, 1.82) is 0 Å². The van der Waals surface area contributed by atoms with Crippen molar-refractivity contribution < 1.29 is 9.53 Å². The molecule has 1 heterocycles. The first-order chi connectivity index (χ1) is 11.8. The molecule has 3 nitrogen and oxygen atoms in total. The van der Waals surface area contributed by atoms with Gasteiger partial charge in [0.05, 0.1) is 19.3 Å². The van der Waals surface area contributed by atoms with Crippen molar-refractivity contribution in [2.75, 3.05) is 18.1 Å². The van der Waals surface area contributed by atoms with Gasteiger partial charge in [0.1, 0.15) is 0 Å². The molecule has 1 aliphatic heterocycles. The van der Waals surface area contributed by atoms with E-state index in [1.165, 1.54) is 17.7 Å². The fourth-order valence-corrected chi connectivity index (χ4v) is 3.28. The average molecular weight is 323 g/mol. The topological polar surface area (TPSA) is 29.5 Å². The molecule has 0 aliphatic carbocycles. The zero-order valence-electron chi connectivity index (χ0n) is 14.3. The van der Waals surface area contributed by atoms with Gasteiger partial charge >= 0.3 is 0 Å². The van der Waals surface area contributed by atoms with Crippen LogP contribution in [0.1, 0.15) is 42.1 Å². The second-order valence-corrected chi connectivity index (χ2v) is 6.31. The summed E-state index contributed by atoms with van der Waals surface area (Å²) >= 11 is 0. The molecule has 0 spiro atoms. The van der Waals surface area contributed by atoms with E-state index >= 15 is 0 Å². The van der Waals surface area contributed by atoms with Gasteiger partial charge in [-0.05, 0) is 42.7 Å². The first-order valence-corrected chi connectivity index (χ1v) is 8.79. The van der Waals surface area contributed by atoms with Crippen LogP contribution in [-0.2, 0) is 11.3 Å². The molecule has 3 rings (SSSR count). The molecule has 1 aliphatic rings. The Kier molecular flexibility index (Phi) is 5.65. The van der Waals surface area contributed by atoms with Gasteiger partial charge in [-0.2, -0.15) is 0 Å². The van der Waals surface area contributed by atoms with Crippen LogP contribution >= 0.6 is 0 Å². The number of ether oxygens (including phenoxy) is 1. The Balaban J connectivity index is 1.57. The lowest BCUT2D eigenvalue weighted by atomic mass is 10.1. The molecule has 126 valence electrons. The number of carbonyl (C=O) groups is 1. The van der Waals surface area contributed by atoms with Crippen molar-refractivity contribution in [3.63, 3.8) is 0 Å². The number of ketones is 1. The summed E-state index contributed by atoms with van der Waals surface area (Å²) in [6, 6.07) is 18.7. The van der Waals surface area contributed by atoms with Crippen molar-refractivity contribution in [2.45, 2.75) is 38.8 Å². The largest absolute Gasteiger partial charge is 0.375 e. The van der Waals surface area contributed by atoms with Crippen molar-refractivity contribution >= 4 is 11.5 Å². The number of hydrogen-bond donors (Lipinski definition) is 0. The first-order valence-electron chi connectivity index (χ1n) is 8.79. The maximum Gasteiger partial charge on any atom is 0.162 e. The summed E-state index contributed by atoms with van der Waals surface area (Å²) in [6.07, 6.45) is 2.90. The van der Waals surface area contributed by atoms with E-state index in [1.807, 2.05) is 37.3 Å². The maximum absolute atomic E-state index is 11.8. The Bertz CT molecular complexity index is 651. The first kappa shape index (κ1) is 16.7. The average Bonchev–Trinajstić information content (AvgIpc) is 3.10. The van der Waals surface area contributed by atoms with E-state index in [0.717, 1.165) is 25.1 Å². The molecule has 0 bridgehead atoms. The molecule has 24 heavy (non-hydrogen) atoms. The van der Waals surface area contributed by atoms with Gasteiger partial charge in [-0.1, -0.05) is 37.3 Å². The summed E-state index contributed by atoms with van der Waals surface area (Å²) in [5, 5.41) is 0. The zero-order valence-corrected chi connectivity index (χ0v) is 14.3. The van der Waals surface area contributed by atoms with Gasteiger partial charge in [0, 0.05) is 24.2 Å². The SMILES string of the molecule is CCC(=O)c1ccc(N2CCC[C@H]2COCc2ccccc2)cc1. The highest BCUT2D eigenvalue weighted by atomic mass is 16.5. The second kappa shape index (κ2) is 8.11. The molecular weight excluding hydrogens is 298 g/mol. The van der Waals surface area contributed by atoms with E-state index in [4.69, 9.17) is 4.74 Å². The van der Waals surface area contributed by atoms with E-state index in [9.17, 15) is 4.79 Å². The third-order valence-electron chi connectivity index (χ3n) is 4.64. The third kappa shape index (κ3) is 4.04. The summed E-state index contributed by atoms with van der Waals surface area (Å²) in [7, 11) is 0. The van der Waals surface area contributed by atoms with Crippen LogP contribution in [0.3, 0.4) is 0 Å². The van der Waals surface area contributed by atoms with Crippen molar-refractivity contribution in [3.8, 4) is 0 Å². The lowest BCUT2D eigenvalue weighted by molar-refractivity contribution is 0.0988. The Morgan fingerprint density at radius 2 is 1.88 bits per heavy atom. The predicted octanol–water partition coefficient (Wildman–Crippen LogP) is 4.46. The normalized spacial score (nSPS) is 17.2. The van der Waals surface area contributed by atoms with E-state index in [1.54, 1.807) is 0 Å². The Hall–Kier alpha value is -2.13. The quantitative estimate of drug-likeness (QED) is 0.704. The minimum absolute atomic E-state index is 0.200. The smallest absolute Gasteiger partial charge is 0.162 e. The maximum atomic E-state index is 11.8. The van der Waals surface area contributed by atoms with E-state index < -0.39 is 0 Å². The summed E-state index contributed by atoms with van der Waals surface area (Å²) in [4.78, 5) is 14.2. The summed E-state index contributed by atoms with van der Waals surface area (Å²) < 4.78 is 5.94. The van der Waals surface area contributed by atoms with Crippen LogP contribution in [0.2, 0.25) is 0 Å². The van der Waals surface area contributed by atoms with Gasteiger partial charge in [-0.3, -0.25) is 4.79 Å². The molecule has 0 saturated carbocycles. The van der Waals surface area contributed by atoms with Gasteiger partial charge in [-0.25, -0.2) is 0 Å². The molecule has 0 amide bonds. The number of Topliss-reactive ketones (excluding diaryl/α,β-unsaturated/α-hetero) is 1. The number of benzene rings is 2. The number of anilines is 1. The van der Waals surface area contributed by atoms with E-state index in [-0.39, 0.29) is 5.78 Å². The van der Waals surface area contributed by atoms with Gasteiger partial charge in [0.25, 0.3) is 0 Å². The van der Waals surface area contributed by atoms with E-state index in [2.05, 4.69) is 29.2 Å². The molecule has 2 aromatic rings. The lowest BCUT2D eigenvalue weighted by Crippen LogP contribution is -2.33. The van der Waals surface area contributed by atoms with Crippen LogP contribution in [-0.4, -0.2) is 25.0 Å². The Morgan fingerprint density at radius 1 is 1.12 bits per heavy atom. The highest BCUT2D eigenvalue weighted by Crippen LogP contribution is 2.26. The van der Waals surface area contributed by atoms with Crippen LogP contribution in [0.4, 0.5) is 5.69 Å². The molecule has 0 N–H and O–H groups in total.